The molecule has 0 radical (unpaired) electrons. The number of hydrogen-bond donors (Lipinski definition) is 0. The summed E-state index contributed by atoms with van der Waals surface area (Å²) in [5.74, 6) is 0.263. The van der Waals surface area contributed by atoms with Crippen molar-refractivity contribution >= 4 is 0 Å². The molecule has 1 heterocycles. The minimum absolute atomic E-state index is 0.263. The molecule has 0 N–H and O–H groups in total. The van der Waals surface area contributed by atoms with E-state index in [9.17, 15) is 0 Å². The zero-order chi connectivity index (χ0) is 9.90. The molecule has 0 aromatic heterocycles. The normalized spacial score (nSPS) is 28.3. The minimum Gasteiger partial charge on any atom is -0.297 e. The van der Waals surface area contributed by atoms with Gasteiger partial charge in [0.2, 0.25) is 0 Å². The second kappa shape index (κ2) is 4.11. The highest BCUT2D eigenvalue weighted by Gasteiger charge is 2.33. The highest BCUT2D eigenvalue weighted by molar-refractivity contribution is 4.95. The molecule has 0 aromatic rings. The molecule has 0 saturated carbocycles. The van der Waals surface area contributed by atoms with Crippen LogP contribution in [0, 0.1) is 17.2 Å². The van der Waals surface area contributed by atoms with Gasteiger partial charge in [0, 0.05) is 12.1 Å². The lowest BCUT2D eigenvalue weighted by Gasteiger charge is -2.44. The zero-order valence-corrected chi connectivity index (χ0v) is 9.01. The summed E-state index contributed by atoms with van der Waals surface area (Å²) in [5, 5.41) is 8.87. The maximum absolute atomic E-state index is 8.87. The van der Waals surface area contributed by atoms with E-state index in [1.807, 2.05) is 0 Å². The summed E-state index contributed by atoms with van der Waals surface area (Å²) in [6.07, 6.45) is 3.41. The second-order valence-corrected chi connectivity index (χ2v) is 4.62. The van der Waals surface area contributed by atoms with E-state index in [0.29, 0.717) is 5.54 Å². The summed E-state index contributed by atoms with van der Waals surface area (Å²) in [6, 6.07) is 2.39. The van der Waals surface area contributed by atoms with E-state index < -0.39 is 0 Å². The van der Waals surface area contributed by atoms with Gasteiger partial charge in [-0.1, -0.05) is 6.92 Å². The van der Waals surface area contributed by atoms with Gasteiger partial charge in [-0.15, -0.1) is 0 Å². The predicted octanol–water partition coefficient (Wildman–Crippen LogP) is 2.41. The first-order valence-corrected chi connectivity index (χ1v) is 5.25. The first kappa shape index (κ1) is 10.5. The van der Waals surface area contributed by atoms with Crippen molar-refractivity contribution in [1.29, 1.82) is 5.26 Å². The maximum Gasteiger partial charge on any atom is 0.0669 e. The van der Waals surface area contributed by atoms with Gasteiger partial charge in [0.15, 0.2) is 0 Å². The zero-order valence-electron chi connectivity index (χ0n) is 9.01. The lowest BCUT2D eigenvalue weighted by Crippen LogP contribution is -2.50. The average molecular weight is 180 g/mol. The molecule has 1 aliphatic heterocycles. The number of hydrogen-bond acceptors (Lipinski definition) is 2. The Kier molecular flexibility index (Phi) is 3.33. The quantitative estimate of drug-likeness (QED) is 0.652. The number of nitrogens with zero attached hydrogens (tertiary/aromatic N) is 2. The van der Waals surface area contributed by atoms with Crippen molar-refractivity contribution in [2.45, 2.75) is 45.6 Å². The van der Waals surface area contributed by atoms with Gasteiger partial charge >= 0.3 is 0 Å². The molecule has 1 saturated heterocycles. The lowest BCUT2D eigenvalue weighted by atomic mass is 9.85. The smallest absolute Gasteiger partial charge is 0.0669 e. The Bertz CT molecular complexity index is 203. The van der Waals surface area contributed by atoms with Gasteiger partial charge in [0.05, 0.1) is 12.0 Å². The maximum atomic E-state index is 8.87. The van der Waals surface area contributed by atoms with Crippen molar-refractivity contribution in [3.05, 3.63) is 0 Å². The van der Waals surface area contributed by atoms with Crippen molar-refractivity contribution < 1.29 is 0 Å². The lowest BCUT2D eigenvalue weighted by molar-refractivity contribution is 0.0596. The topological polar surface area (TPSA) is 27.0 Å². The minimum atomic E-state index is 0.263. The average Bonchev–Trinajstić information content (AvgIpc) is 2.09. The van der Waals surface area contributed by atoms with Gasteiger partial charge in [-0.3, -0.25) is 4.90 Å². The van der Waals surface area contributed by atoms with Crippen LogP contribution in [0.2, 0.25) is 0 Å². The molecule has 1 aliphatic rings. The third kappa shape index (κ3) is 2.45. The van der Waals surface area contributed by atoms with Crippen molar-refractivity contribution in [3.63, 3.8) is 0 Å². The van der Waals surface area contributed by atoms with E-state index in [2.05, 4.69) is 31.7 Å². The largest absolute Gasteiger partial charge is 0.297 e. The highest BCUT2D eigenvalue weighted by Crippen LogP contribution is 2.29. The summed E-state index contributed by atoms with van der Waals surface area (Å²) in [6.45, 7) is 8.88. The van der Waals surface area contributed by atoms with E-state index >= 15 is 0 Å². The second-order valence-electron chi connectivity index (χ2n) is 4.62. The van der Waals surface area contributed by atoms with Gasteiger partial charge in [-0.05, 0) is 39.7 Å². The molecule has 13 heavy (non-hydrogen) atoms. The summed E-state index contributed by atoms with van der Waals surface area (Å²) in [4.78, 5) is 2.46. The molecular weight excluding hydrogens is 160 g/mol. The fourth-order valence-corrected chi connectivity index (χ4v) is 2.06. The van der Waals surface area contributed by atoms with Crippen LogP contribution in [0.15, 0.2) is 0 Å². The molecule has 2 heteroatoms. The Labute approximate surface area is 81.5 Å². The Morgan fingerprint density at radius 1 is 1.54 bits per heavy atom. The molecule has 0 aromatic carbocycles. The fourth-order valence-electron chi connectivity index (χ4n) is 2.06. The van der Waals surface area contributed by atoms with Crippen LogP contribution in [0.4, 0.5) is 0 Å². The van der Waals surface area contributed by atoms with Crippen molar-refractivity contribution in [1.82, 2.24) is 4.90 Å². The van der Waals surface area contributed by atoms with Crippen molar-refractivity contribution in [2.24, 2.45) is 5.92 Å². The van der Waals surface area contributed by atoms with E-state index in [1.165, 1.54) is 6.42 Å². The molecular formula is C11H20N2. The SMILES string of the molecule is CCCN1CC(C#N)CCC1(C)C. The third-order valence-corrected chi connectivity index (χ3v) is 3.08. The Balaban J connectivity index is 2.59. The molecule has 0 amide bonds. The molecule has 0 bridgehead atoms. The Morgan fingerprint density at radius 2 is 2.23 bits per heavy atom. The number of piperidine rings is 1. The third-order valence-electron chi connectivity index (χ3n) is 3.08. The van der Waals surface area contributed by atoms with Gasteiger partial charge < -0.3 is 0 Å². The summed E-state index contributed by atoms with van der Waals surface area (Å²) in [7, 11) is 0. The van der Waals surface area contributed by atoms with Crippen molar-refractivity contribution in [3.8, 4) is 6.07 Å². The van der Waals surface area contributed by atoms with E-state index in [1.54, 1.807) is 0 Å². The summed E-state index contributed by atoms with van der Waals surface area (Å²) < 4.78 is 0. The van der Waals surface area contributed by atoms with Gasteiger partial charge in [-0.25, -0.2) is 0 Å². The van der Waals surface area contributed by atoms with Gasteiger partial charge in [0.1, 0.15) is 0 Å². The Hall–Kier alpha value is -0.550. The molecule has 1 unspecified atom stereocenters. The van der Waals surface area contributed by atoms with Crippen LogP contribution in [0.3, 0.4) is 0 Å². The van der Waals surface area contributed by atoms with Crippen LogP contribution in [0.25, 0.3) is 0 Å². The molecule has 0 spiro atoms. The van der Waals surface area contributed by atoms with Crippen LogP contribution in [-0.2, 0) is 0 Å². The van der Waals surface area contributed by atoms with Crippen LogP contribution in [0.1, 0.15) is 40.0 Å². The van der Waals surface area contributed by atoms with E-state index in [-0.39, 0.29) is 5.92 Å². The molecule has 1 fully saturated rings. The first-order valence-electron chi connectivity index (χ1n) is 5.25. The van der Waals surface area contributed by atoms with E-state index in [4.69, 9.17) is 5.26 Å². The molecule has 0 aliphatic carbocycles. The Morgan fingerprint density at radius 3 is 2.77 bits per heavy atom. The van der Waals surface area contributed by atoms with Crippen molar-refractivity contribution in [2.75, 3.05) is 13.1 Å². The standard InChI is InChI=1S/C11H20N2/c1-4-7-13-9-10(8-12)5-6-11(13,2)3/h10H,4-7,9H2,1-3H3. The summed E-state index contributed by atoms with van der Waals surface area (Å²) >= 11 is 0. The fraction of sp³-hybridized carbons (Fsp3) is 0.909. The van der Waals surface area contributed by atoms with Gasteiger partial charge in [0.25, 0.3) is 0 Å². The number of rotatable bonds is 2. The molecule has 74 valence electrons. The van der Waals surface area contributed by atoms with Crippen LogP contribution in [0.5, 0.6) is 0 Å². The number of nitriles is 1. The monoisotopic (exact) mass is 180 g/mol. The molecule has 1 rings (SSSR count). The van der Waals surface area contributed by atoms with Crippen LogP contribution in [-0.4, -0.2) is 23.5 Å². The van der Waals surface area contributed by atoms with Crippen LogP contribution < -0.4 is 0 Å². The van der Waals surface area contributed by atoms with Gasteiger partial charge in [-0.2, -0.15) is 5.26 Å². The number of likely N-dealkylation sites (tertiary alicyclic amines) is 1. The molecule has 2 nitrogen and oxygen atoms in total. The van der Waals surface area contributed by atoms with Crippen LogP contribution >= 0.6 is 0 Å². The summed E-state index contributed by atoms with van der Waals surface area (Å²) in [5.41, 5.74) is 0.309. The predicted molar refractivity (Wildman–Crippen MR) is 54.3 cm³/mol. The van der Waals surface area contributed by atoms with E-state index in [0.717, 1.165) is 25.9 Å². The first-order chi connectivity index (χ1) is 6.10. The molecule has 1 atom stereocenters. The highest BCUT2D eigenvalue weighted by atomic mass is 15.2.